The predicted molar refractivity (Wildman–Crippen MR) is 197 cm³/mol. The maximum Gasteiger partial charge on any atom is 0.267 e. The third-order valence-corrected chi connectivity index (χ3v) is 10.7. The molecule has 1 amide bonds. The topological polar surface area (TPSA) is 114 Å². The highest BCUT2D eigenvalue weighted by atomic mass is 32.2. The molecular formula is C38H32N6O3S2. The summed E-state index contributed by atoms with van der Waals surface area (Å²) in [5, 5.41) is 23.5. The predicted octanol–water partition coefficient (Wildman–Crippen LogP) is 7.87. The van der Waals surface area contributed by atoms with Gasteiger partial charge in [-0.1, -0.05) is 80.2 Å². The van der Waals surface area contributed by atoms with E-state index in [2.05, 4.69) is 53.7 Å². The van der Waals surface area contributed by atoms with Crippen molar-refractivity contribution in [3.05, 3.63) is 122 Å². The third-order valence-electron chi connectivity index (χ3n) is 8.32. The van der Waals surface area contributed by atoms with Crippen molar-refractivity contribution in [2.75, 3.05) is 17.7 Å². The first-order chi connectivity index (χ1) is 23.8. The fourth-order valence-electron chi connectivity index (χ4n) is 6.14. The first kappa shape index (κ1) is 32.1. The van der Waals surface area contributed by atoms with Crippen molar-refractivity contribution in [3.8, 4) is 17.5 Å². The number of benzene rings is 3. The maximum absolute atomic E-state index is 13.5. The standard InChI is InChI=1S/C38H32N6O3S2/c1-4-47-27-18-16-24(17-19-27)14-15-25-20-29-30(22-39)34(49-33(29)38(2,3)21-25)40-32(45)23-48-37-42-41-36-43(26-10-6-5-7-11-26)35(46)28-12-8-9-13-31(28)44(36)37/h5-20H,4,21,23H2,1-3H3,(H,40,45)/b15-14+. The molecule has 0 fully saturated rings. The number of fused-ring (bicyclic) bond motifs is 4. The van der Waals surface area contributed by atoms with E-state index in [4.69, 9.17) is 4.74 Å². The molecule has 7 rings (SSSR count). The number of nitrogens with one attached hydrogen (secondary N) is 1. The lowest BCUT2D eigenvalue weighted by Crippen LogP contribution is -2.21. The molecule has 244 valence electrons. The van der Waals surface area contributed by atoms with Crippen molar-refractivity contribution < 1.29 is 9.53 Å². The Kier molecular flexibility index (Phi) is 8.67. The number of rotatable bonds is 9. The zero-order valence-corrected chi connectivity index (χ0v) is 28.8. The average molecular weight is 685 g/mol. The van der Waals surface area contributed by atoms with E-state index in [9.17, 15) is 14.9 Å². The minimum Gasteiger partial charge on any atom is -0.494 e. The van der Waals surface area contributed by atoms with Crippen molar-refractivity contribution >= 4 is 62.8 Å². The number of nitriles is 1. The fraction of sp³-hybridized carbons (Fsp3) is 0.184. The van der Waals surface area contributed by atoms with Crippen LogP contribution in [0.3, 0.4) is 0 Å². The molecule has 0 bridgehead atoms. The van der Waals surface area contributed by atoms with Crippen molar-refractivity contribution in [2.45, 2.75) is 37.8 Å². The number of carbonyl (C=O) groups is 1. The van der Waals surface area contributed by atoms with Gasteiger partial charge in [0.25, 0.3) is 5.56 Å². The quantitative estimate of drug-likeness (QED) is 0.154. The summed E-state index contributed by atoms with van der Waals surface area (Å²) in [6.45, 7) is 6.92. The van der Waals surface area contributed by atoms with E-state index in [0.29, 0.717) is 44.7 Å². The molecule has 49 heavy (non-hydrogen) atoms. The van der Waals surface area contributed by atoms with Gasteiger partial charge in [-0.05, 0) is 67.0 Å². The Balaban J connectivity index is 1.14. The second-order valence-electron chi connectivity index (χ2n) is 12.2. The lowest BCUT2D eigenvalue weighted by molar-refractivity contribution is -0.113. The lowest BCUT2D eigenvalue weighted by Gasteiger charge is -2.29. The average Bonchev–Trinajstić information content (AvgIpc) is 3.69. The van der Waals surface area contributed by atoms with E-state index in [1.54, 1.807) is 6.07 Å². The number of ether oxygens (including phenoxy) is 1. The first-order valence-corrected chi connectivity index (χ1v) is 17.6. The fourth-order valence-corrected chi connectivity index (χ4v) is 8.12. The van der Waals surface area contributed by atoms with Crippen molar-refractivity contribution in [2.24, 2.45) is 0 Å². The number of thiophene rings is 1. The number of allylic oxidation sites excluding steroid dienone is 2. The van der Waals surface area contributed by atoms with Gasteiger partial charge in [-0.25, -0.2) is 4.57 Å². The summed E-state index contributed by atoms with van der Waals surface area (Å²) in [6, 6.07) is 26.9. The number of thioether (sulfide) groups is 1. The van der Waals surface area contributed by atoms with Crippen LogP contribution in [0.1, 0.15) is 48.8 Å². The molecule has 0 spiro atoms. The van der Waals surface area contributed by atoms with Gasteiger partial charge < -0.3 is 10.1 Å². The maximum atomic E-state index is 13.5. The van der Waals surface area contributed by atoms with Crippen LogP contribution in [0.15, 0.2) is 100 Å². The van der Waals surface area contributed by atoms with Gasteiger partial charge in [0.05, 0.1) is 34.5 Å². The number of carbonyl (C=O) groups excluding carboxylic acids is 1. The molecule has 1 aliphatic rings. The summed E-state index contributed by atoms with van der Waals surface area (Å²) in [5.41, 5.74) is 4.37. The van der Waals surface area contributed by atoms with Crippen LogP contribution in [0.5, 0.6) is 5.75 Å². The summed E-state index contributed by atoms with van der Waals surface area (Å²) in [7, 11) is 0. The third kappa shape index (κ3) is 6.17. The summed E-state index contributed by atoms with van der Waals surface area (Å²) in [5.74, 6) is 0.957. The Hall–Kier alpha value is -5.44. The van der Waals surface area contributed by atoms with Crippen LogP contribution >= 0.6 is 23.1 Å². The van der Waals surface area contributed by atoms with Gasteiger partial charge in [0, 0.05) is 15.9 Å². The van der Waals surface area contributed by atoms with Gasteiger partial charge in [-0.2, -0.15) is 5.26 Å². The zero-order valence-electron chi connectivity index (χ0n) is 27.1. The number of hydrogen-bond donors (Lipinski definition) is 1. The van der Waals surface area contributed by atoms with Crippen molar-refractivity contribution in [1.29, 1.82) is 5.26 Å². The van der Waals surface area contributed by atoms with Gasteiger partial charge in [0.1, 0.15) is 16.8 Å². The number of para-hydroxylation sites is 2. The molecule has 3 aromatic heterocycles. The molecule has 11 heteroatoms. The van der Waals surface area contributed by atoms with Crippen molar-refractivity contribution in [3.63, 3.8) is 0 Å². The monoisotopic (exact) mass is 684 g/mol. The summed E-state index contributed by atoms with van der Waals surface area (Å²) < 4.78 is 8.89. The molecule has 3 aromatic carbocycles. The highest BCUT2D eigenvalue weighted by molar-refractivity contribution is 7.99. The second-order valence-corrected chi connectivity index (χ2v) is 14.2. The molecule has 1 N–H and O–H groups in total. The van der Waals surface area contributed by atoms with Crippen LogP contribution in [-0.4, -0.2) is 37.4 Å². The van der Waals surface area contributed by atoms with Gasteiger partial charge >= 0.3 is 0 Å². The second kappa shape index (κ2) is 13.2. The van der Waals surface area contributed by atoms with Gasteiger partial charge in [-0.15, -0.1) is 21.5 Å². The van der Waals surface area contributed by atoms with E-state index < -0.39 is 0 Å². The molecule has 3 heterocycles. The molecule has 9 nitrogen and oxygen atoms in total. The van der Waals surface area contributed by atoms with Crippen LogP contribution in [0, 0.1) is 11.3 Å². The molecule has 0 aliphatic heterocycles. The van der Waals surface area contributed by atoms with Crippen molar-refractivity contribution in [1.82, 2.24) is 19.2 Å². The number of amides is 1. The Labute approximate surface area is 291 Å². The SMILES string of the molecule is CCOc1ccc(/C=C/C2=Cc3c(sc(NC(=O)CSc4nnc5n(-c6ccccc6)c(=O)c6ccccc6n45)c3C#N)C(C)(C)C2)cc1. The highest BCUT2D eigenvalue weighted by Gasteiger charge is 2.33. The number of aromatic nitrogens is 4. The normalized spacial score (nSPS) is 13.7. The molecule has 0 unspecified atom stereocenters. The van der Waals surface area contributed by atoms with E-state index in [1.807, 2.05) is 84.1 Å². The molecular weight excluding hydrogens is 653 g/mol. The smallest absolute Gasteiger partial charge is 0.267 e. The van der Waals surface area contributed by atoms with E-state index in [0.717, 1.165) is 33.7 Å². The molecule has 0 atom stereocenters. The first-order valence-electron chi connectivity index (χ1n) is 15.8. The highest BCUT2D eigenvalue weighted by Crippen LogP contribution is 2.47. The minimum atomic E-state index is -0.269. The van der Waals surface area contributed by atoms with Gasteiger partial charge in [0.15, 0.2) is 5.16 Å². The van der Waals surface area contributed by atoms with E-state index in [-0.39, 0.29) is 22.6 Å². The molecule has 1 aliphatic carbocycles. The zero-order chi connectivity index (χ0) is 34.1. The van der Waals surface area contributed by atoms with E-state index in [1.165, 1.54) is 27.7 Å². The van der Waals surface area contributed by atoms with E-state index >= 15 is 0 Å². The Bertz CT molecular complexity index is 2380. The Morgan fingerprint density at radius 3 is 2.57 bits per heavy atom. The van der Waals surface area contributed by atoms with Gasteiger partial charge in [-0.3, -0.25) is 14.0 Å². The Morgan fingerprint density at radius 1 is 1.06 bits per heavy atom. The van der Waals surface area contributed by atoms with Gasteiger partial charge in [0.2, 0.25) is 11.7 Å². The van der Waals surface area contributed by atoms with Crippen LogP contribution in [0.25, 0.3) is 34.5 Å². The molecule has 0 saturated carbocycles. The summed E-state index contributed by atoms with van der Waals surface area (Å²) in [4.78, 5) is 28.0. The molecule has 0 radical (unpaired) electrons. The Morgan fingerprint density at radius 2 is 1.82 bits per heavy atom. The molecule has 0 saturated heterocycles. The van der Waals surface area contributed by atoms with Crippen LogP contribution in [-0.2, 0) is 10.2 Å². The number of anilines is 1. The largest absolute Gasteiger partial charge is 0.494 e. The minimum absolute atomic E-state index is 0.0301. The summed E-state index contributed by atoms with van der Waals surface area (Å²) in [6.07, 6.45) is 7.02. The summed E-state index contributed by atoms with van der Waals surface area (Å²) >= 11 is 2.68. The number of nitrogens with zero attached hydrogens (tertiary/aromatic N) is 5. The van der Waals surface area contributed by atoms with Crippen LogP contribution in [0.4, 0.5) is 5.00 Å². The lowest BCUT2D eigenvalue weighted by atomic mass is 9.77. The number of hydrogen-bond acceptors (Lipinski definition) is 8. The molecule has 6 aromatic rings. The van der Waals surface area contributed by atoms with Crippen LogP contribution < -0.4 is 15.6 Å². The van der Waals surface area contributed by atoms with Crippen LogP contribution in [0.2, 0.25) is 0 Å².